The lowest BCUT2D eigenvalue weighted by molar-refractivity contribution is 0.101. The SMILES string of the molecule is Cc1ccsc1/C=C1/Oc2c(ccc(O)c2CN(C)C)C1=O. The van der Waals surface area contributed by atoms with Crippen molar-refractivity contribution in [3.63, 3.8) is 0 Å². The van der Waals surface area contributed by atoms with Crippen LogP contribution in [0.3, 0.4) is 0 Å². The number of allylic oxidation sites excluding steroid dienone is 1. The fourth-order valence-corrected chi connectivity index (χ4v) is 3.27. The molecule has 0 radical (unpaired) electrons. The van der Waals surface area contributed by atoms with Crippen molar-refractivity contribution in [1.29, 1.82) is 0 Å². The number of hydrogen-bond acceptors (Lipinski definition) is 5. The monoisotopic (exact) mass is 315 g/mol. The molecule has 114 valence electrons. The maximum absolute atomic E-state index is 12.5. The van der Waals surface area contributed by atoms with E-state index in [1.807, 2.05) is 37.4 Å². The zero-order valence-electron chi connectivity index (χ0n) is 12.7. The lowest BCUT2D eigenvalue weighted by Crippen LogP contribution is -2.11. The summed E-state index contributed by atoms with van der Waals surface area (Å²) >= 11 is 1.57. The van der Waals surface area contributed by atoms with Crippen molar-refractivity contribution in [2.45, 2.75) is 13.5 Å². The molecular weight excluding hydrogens is 298 g/mol. The first-order valence-corrected chi connectivity index (χ1v) is 7.83. The van der Waals surface area contributed by atoms with Crippen LogP contribution in [0.2, 0.25) is 0 Å². The van der Waals surface area contributed by atoms with Gasteiger partial charge in [0, 0.05) is 17.5 Å². The smallest absolute Gasteiger partial charge is 0.232 e. The second-order valence-corrected chi connectivity index (χ2v) is 6.53. The third-order valence-corrected chi connectivity index (χ3v) is 4.52. The van der Waals surface area contributed by atoms with E-state index in [1.54, 1.807) is 29.5 Å². The van der Waals surface area contributed by atoms with Crippen LogP contribution in [0.5, 0.6) is 11.5 Å². The number of ketones is 1. The average Bonchev–Trinajstić information content (AvgIpc) is 2.99. The number of rotatable bonds is 3. The molecule has 1 aromatic heterocycles. The van der Waals surface area contributed by atoms with E-state index in [4.69, 9.17) is 4.74 Å². The minimum absolute atomic E-state index is 0.136. The van der Waals surface area contributed by atoms with E-state index in [-0.39, 0.29) is 11.5 Å². The number of carbonyl (C=O) groups excluding carboxylic acids is 1. The van der Waals surface area contributed by atoms with Crippen molar-refractivity contribution in [2.75, 3.05) is 14.1 Å². The number of thiophene rings is 1. The third kappa shape index (κ3) is 2.53. The van der Waals surface area contributed by atoms with Gasteiger partial charge in [-0.25, -0.2) is 0 Å². The van der Waals surface area contributed by atoms with Gasteiger partial charge in [-0.1, -0.05) is 0 Å². The largest absolute Gasteiger partial charge is 0.507 e. The Morgan fingerprint density at radius 3 is 2.73 bits per heavy atom. The summed E-state index contributed by atoms with van der Waals surface area (Å²) < 4.78 is 5.79. The second kappa shape index (κ2) is 5.59. The number of nitrogens with zero attached hydrogens (tertiary/aromatic N) is 1. The highest BCUT2D eigenvalue weighted by Gasteiger charge is 2.31. The van der Waals surface area contributed by atoms with E-state index in [9.17, 15) is 9.90 Å². The van der Waals surface area contributed by atoms with Crippen LogP contribution in [-0.2, 0) is 6.54 Å². The second-order valence-electron chi connectivity index (χ2n) is 5.59. The number of carbonyl (C=O) groups is 1. The van der Waals surface area contributed by atoms with Gasteiger partial charge in [0.05, 0.1) is 11.1 Å². The van der Waals surface area contributed by atoms with E-state index >= 15 is 0 Å². The van der Waals surface area contributed by atoms with Crippen molar-refractivity contribution in [3.8, 4) is 11.5 Å². The van der Waals surface area contributed by atoms with Gasteiger partial charge in [0.1, 0.15) is 11.5 Å². The number of phenolic OH excluding ortho intramolecular Hbond substituents is 1. The molecule has 0 spiro atoms. The van der Waals surface area contributed by atoms with Gasteiger partial charge in [-0.05, 0) is 50.2 Å². The van der Waals surface area contributed by atoms with Crippen LogP contribution in [0, 0.1) is 6.92 Å². The van der Waals surface area contributed by atoms with Crippen molar-refractivity contribution >= 4 is 23.2 Å². The molecule has 1 N–H and O–H groups in total. The molecule has 5 heteroatoms. The number of Topliss-reactive ketones (excluding diaryl/α,β-unsaturated/α-hetero) is 1. The maximum atomic E-state index is 12.5. The van der Waals surface area contributed by atoms with Crippen LogP contribution in [-0.4, -0.2) is 29.9 Å². The first-order valence-electron chi connectivity index (χ1n) is 6.95. The number of hydrogen-bond donors (Lipinski definition) is 1. The van der Waals surface area contributed by atoms with Gasteiger partial charge in [-0.15, -0.1) is 11.3 Å². The van der Waals surface area contributed by atoms with Crippen LogP contribution in [0.1, 0.15) is 26.4 Å². The van der Waals surface area contributed by atoms with E-state index in [2.05, 4.69) is 0 Å². The highest BCUT2D eigenvalue weighted by atomic mass is 32.1. The summed E-state index contributed by atoms with van der Waals surface area (Å²) in [4.78, 5) is 15.4. The lowest BCUT2D eigenvalue weighted by atomic mass is 10.0. The Morgan fingerprint density at radius 1 is 1.32 bits per heavy atom. The molecule has 2 heterocycles. The fraction of sp³-hybridized carbons (Fsp3) is 0.235. The molecule has 22 heavy (non-hydrogen) atoms. The molecule has 0 unspecified atom stereocenters. The van der Waals surface area contributed by atoms with Crippen LogP contribution in [0.4, 0.5) is 0 Å². The topological polar surface area (TPSA) is 49.8 Å². The van der Waals surface area contributed by atoms with E-state index < -0.39 is 0 Å². The summed E-state index contributed by atoms with van der Waals surface area (Å²) in [5, 5.41) is 12.0. The number of aromatic hydroxyl groups is 1. The molecule has 0 atom stereocenters. The Kier molecular flexibility index (Phi) is 3.76. The average molecular weight is 315 g/mol. The quantitative estimate of drug-likeness (QED) is 0.882. The summed E-state index contributed by atoms with van der Waals surface area (Å²) in [6, 6.07) is 5.18. The Morgan fingerprint density at radius 2 is 2.09 bits per heavy atom. The maximum Gasteiger partial charge on any atom is 0.232 e. The molecular formula is C17H17NO3S. The molecule has 0 saturated heterocycles. The Bertz CT molecular complexity index is 774. The molecule has 0 amide bonds. The summed E-state index contributed by atoms with van der Waals surface area (Å²) in [7, 11) is 3.81. The summed E-state index contributed by atoms with van der Waals surface area (Å²) in [5.74, 6) is 0.793. The van der Waals surface area contributed by atoms with Crippen LogP contribution in [0.15, 0.2) is 29.3 Å². The van der Waals surface area contributed by atoms with Gasteiger partial charge in [0.2, 0.25) is 5.78 Å². The highest BCUT2D eigenvalue weighted by molar-refractivity contribution is 7.11. The predicted molar refractivity (Wildman–Crippen MR) is 87.5 cm³/mol. The molecule has 0 bridgehead atoms. The highest BCUT2D eigenvalue weighted by Crippen LogP contribution is 2.40. The molecule has 4 nitrogen and oxygen atoms in total. The van der Waals surface area contributed by atoms with Crippen molar-refractivity contribution in [3.05, 3.63) is 50.9 Å². The number of benzene rings is 1. The van der Waals surface area contributed by atoms with Gasteiger partial charge < -0.3 is 14.7 Å². The molecule has 1 aliphatic rings. The van der Waals surface area contributed by atoms with Gasteiger partial charge in [0.15, 0.2) is 5.76 Å². The Balaban J connectivity index is 2.04. The molecule has 1 aromatic carbocycles. The molecule has 3 rings (SSSR count). The van der Waals surface area contributed by atoms with Crippen LogP contribution < -0.4 is 4.74 Å². The molecule has 2 aromatic rings. The van der Waals surface area contributed by atoms with E-state index in [1.165, 1.54) is 0 Å². The van der Waals surface area contributed by atoms with Gasteiger partial charge in [-0.3, -0.25) is 4.79 Å². The third-order valence-electron chi connectivity index (χ3n) is 3.55. The Hall–Kier alpha value is -2.11. The van der Waals surface area contributed by atoms with E-state index in [0.29, 0.717) is 29.2 Å². The van der Waals surface area contributed by atoms with Crippen molar-refractivity contribution in [2.24, 2.45) is 0 Å². The Labute approximate surface area is 133 Å². The minimum Gasteiger partial charge on any atom is -0.507 e. The standard InChI is InChI=1S/C17H17NO3S/c1-10-6-7-22-15(10)8-14-16(20)11-4-5-13(19)12(9-18(2)3)17(11)21-14/h4-8,19H,9H2,1-3H3/b14-8+. The first-order chi connectivity index (χ1) is 10.5. The molecule has 0 aliphatic carbocycles. The molecule has 0 fully saturated rings. The van der Waals surface area contributed by atoms with Crippen molar-refractivity contribution < 1.29 is 14.6 Å². The number of ether oxygens (including phenoxy) is 1. The molecule has 0 saturated carbocycles. The zero-order chi connectivity index (χ0) is 15.9. The minimum atomic E-state index is -0.136. The van der Waals surface area contributed by atoms with E-state index in [0.717, 1.165) is 10.4 Å². The van der Waals surface area contributed by atoms with Crippen LogP contribution in [0.25, 0.3) is 6.08 Å². The van der Waals surface area contributed by atoms with Crippen molar-refractivity contribution in [1.82, 2.24) is 4.90 Å². The zero-order valence-corrected chi connectivity index (χ0v) is 13.5. The normalized spacial score (nSPS) is 15.5. The van der Waals surface area contributed by atoms with Gasteiger partial charge >= 0.3 is 0 Å². The number of aryl methyl sites for hydroxylation is 1. The summed E-state index contributed by atoms with van der Waals surface area (Å²) in [6.45, 7) is 2.51. The fourth-order valence-electron chi connectivity index (χ4n) is 2.42. The summed E-state index contributed by atoms with van der Waals surface area (Å²) in [5.41, 5.74) is 2.26. The number of fused-ring (bicyclic) bond motifs is 1. The van der Waals surface area contributed by atoms with Gasteiger partial charge in [-0.2, -0.15) is 0 Å². The lowest BCUT2D eigenvalue weighted by Gasteiger charge is -2.13. The number of phenols is 1. The molecule has 1 aliphatic heterocycles. The van der Waals surface area contributed by atoms with Crippen LogP contribution >= 0.6 is 11.3 Å². The van der Waals surface area contributed by atoms with Gasteiger partial charge in [0.25, 0.3) is 0 Å². The predicted octanol–water partition coefficient (Wildman–Crippen LogP) is 3.44. The summed E-state index contributed by atoms with van der Waals surface area (Å²) in [6.07, 6.45) is 1.78. The first kappa shape index (κ1) is 14.8.